The van der Waals surface area contributed by atoms with Crippen molar-refractivity contribution in [2.45, 2.75) is 6.42 Å². The van der Waals surface area contributed by atoms with Crippen molar-refractivity contribution >= 4 is 45.0 Å². The number of nitro benzene ring substituents is 1. The molecule has 1 amide bonds. The highest BCUT2D eigenvalue weighted by Crippen LogP contribution is 2.29. The van der Waals surface area contributed by atoms with Gasteiger partial charge >= 0.3 is 5.97 Å². The summed E-state index contributed by atoms with van der Waals surface area (Å²) < 4.78 is 6.02. The molecule has 0 aliphatic carbocycles. The molecule has 1 heterocycles. The van der Waals surface area contributed by atoms with E-state index in [1.54, 1.807) is 48.5 Å². The molecule has 0 bridgehead atoms. The van der Waals surface area contributed by atoms with Crippen molar-refractivity contribution < 1.29 is 24.0 Å². The zero-order chi connectivity index (χ0) is 24.2. The molecule has 1 atom stereocenters. The third kappa shape index (κ3) is 5.20. The van der Waals surface area contributed by atoms with Gasteiger partial charge in [-0.15, -0.1) is 0 Å². The first kappa shape index (κ1) is 23.3. The predicted molar refractivity (Wildman–Crippen MR) is 128 cm³/mol. The Labute approximate surface area is 203 Å². The van der Waals surface area contributed by atoms with Crippen LogP contribution in [-0.4, -0.2) is 35.7 Å². The number of halogens is 1. The van der Waals surface area contributed by atoms with Gasteiger partial charge in [0.2, 0.25) is 5.91 Å². The van der Waals surface area contributed by atoms with Gasteiger partial charge in [0.1, 0.15) is 0 Å². The SMILES string of the molecule is O=C(COC(=O)[C@H]1CC(=O)N(c2ccc(-c3ccc([N+](=O)[O-])cc3)cc2)C1)c1ccc(Br)cc1. The molecule has 3 aromatic carbocycles. The largest absolute Gasteiger partial charge is 0.457 e. The first-order valence-corrected chi connectivity index (χ1v) is 11.2. The molecule has 34 heavy (non-hydrogen) atoms. The zero-order valence-corrected chi connectivity index (χ0v) is 19.4. The average Bonchev–Trinajstić information content (AvgIpc) is 3.24. The third-order valence-corrected chi connectivity index (χ3v) is 6.09. The minimum atomic E-state index is -0.653. The molecule has 3 aromatic rings. The van der Waals surface area contributed by atoms with Crippen molar-refractivity contribution in [1.82, 2.24) is 0 Å². The van der Waals surface area contributed by atoms with Crippen molar-refractivity contribution in [2.24, 2.45) is 5.92 Å². The topological polar surface area (TPSA) is 107 Å². The van der Waals surface area contributed by atoms with Gasteiger partial charge in [-0.3, -0.25) is 24.5 Å². The lowest BCUT2D eigenvalue weighted by molar-refractivity contribution is -0.384. The number of esters is 1. The molecule has 172 valence electrons. The van der Waals surface area contributed by atoms with Gasteiger partial charge in [-0.1, -0.05) is 40.2 Å². The van der Waals surface area contributed by atoms with Crippen LogP contribution in [0, 0.1) is 16.0 Å². The minimum absolute atomic E-state index is 0.00934. The highest BCUT2D eigenvalue weighted by molar-refractivity contribution is 9.10. The second-order valence-corrected chi connectivity index (χ2v) is 8.71. The van der Waals surface area contributed by atoms with Gasteiger partial charge in [0, 0.05) is 40.8 Å². The van der Waals surface area contributed by atoms with Crippen molar-refractivity contribution in [1.29, 1.82) is 0 Å². The number of carbonyl (C=O) groups is 3. The van der Waals surface area contributed by atoms with Crippen LogP contribution in [0.5, 0.6) is 0 Å². The number of non-ortho nitro benzene ring substituents is 1. The van der Waals surface area contributed by atoms with E-state index in [1.807, 2.05) is 12.1 Å². The van der Waals surface area contributed by atoms with E-state index in [2.05, 4.69) is 15.9 Å². The van der Waals surface area contributed by atoms with Crippen LogP contribution in [0.1, 0.15) is 16.8 Å². The maximum absolute atomic E-state index is 12.5. The van der Waals surface area contributed by atoms with Crippen molar-refractivity contribution in [3.8, 4) is 11.1 Å². The van der Waals surface area contributed by atoms with Crippen molar-refractivity contribution in [2.75, 3.05) is 18.1 Å². The monoisotopic (exact) mass is 522 g/mol. The summed E-state index contributed by atoms with van der Waals surface area (Å²) >= 11 is 3.30. The summed E-state index contributed by atoms with van der Waals surface area (Å²) in [7, 11) is 0. The van der Waals surface area contributed by atoms with E-state index in [-0.39, 0.29) is 37.0 Å². The number of anilines is 1. The van der Waals surface area contributed by atoms with Crippen LogP contribution in [0.4, 0.5) is 11.4 Å². The molecule has 1 fully saturated rings. The van der Waals surface area contributed by atoms with Gasteiger partial charge in [0.25, 0.3) is 5.69 Å². The quantitative estimate of drug-likeness (QED) is 0.191. The molecule has 8 nitrogen and oxygen atoms in total. The Morgan fingerprint density at radius 3 is 2.15 bits per heavy atom. The van der Waals surface area contributed by atoms with Crippen LogP contribution in [0.3, 0.4) is 0 Å². The molecule has 0 N–H and O–H groups in total. The Kier molecular flexibility index (Phi) is 6.83. The molecule has 4 rings (SSSR count). The van der Waals surface area contributed by atoms with E-state index in [0.717, 1.165) is 15.6 Å². The Morgan fingerprint density at radius 1 is 0.971 bits per heavy atom. The molecule has 0 aromatic heterocycles. The summed E-state index contributed by atoms with van der Waals surface area (Å²) in [4.78, 5) is 49.1. The Balaban J connectivity index is 1.36. The molecular weight excluding hydrogens is 504 g/mol. The molecule has 0 unspecified atom stereocenters. The van der Waals surface area contributed by atoms with Crippen LogP contribution in [0.25, 0.3) is 11.1 Å². The van der Waals surface area contributed by atoms with Gasteiger partial charge in [-0.2, -0.15) is 0 Å². The summed E-state index contributed by atoms with van der Waals surface area (Å²) in [5.74, 6) is -1.75. The number of benzene rings is 3. The Hall–Kier alpha value is -3.85. The standard InChI is InChI=1S/C25H19BrN2O6/c26-20-7-1-18(2-8-20)23(29)15-34-25(31)19-13-24(30)27(14-19)21-9-3-16(4-10-21)17-5-11-22(12-6-17)28(32)33/h1-12,19H,13-15H2/t19-/m0/s1. The van der Waals surface area contributed by atoms with Crippen LogP contribution in [0.15, 0.2) is 77.3 Å². The number of nitrogens with zero attached hydrogens (tertiary/aromatic N) is 2. The van der Waals surface area contributed by atoms with Gasteiger partial charge in [0.05, 0.1) is 10.8 Å². The fourth-order valence-electron chi connectivity index (χ4n) is 3.70. The summed E-state index contributed by atoms with van der Waals surface area (Å²) in [6, 6.07) is 20.1. The number of rotatable bonds is 7. The zero-order valence-electron chi connectivity index (χ0n) is 17.8. The number of amides is 1. The highest BCUT2D eigenvalue weighted by Gasteiger charge is 2.36. The molecule has 1 aliphatic heterocycles. The van der Waals surface area contributed by atoms with E-state index in [4.69, 9.17) is 4.74 Å². The average molecular weight is 523 g/mol. The van der Waals surface area contributed by atoms with Crippen LogP contribution < -0.4 is 4.90 Å². The lowest BCUT2D eigenvalue weighted by Gasteiger charge is -2.17. The smallest absolute Gasteiger partial charge is 0.311 e. The van der Waals surface area contributed by atoms with E-state index < -0.39 is 16.8 Å². The summed E-state index contributed by atoms with van der Waals surface area (Å²) in [5, 5.41) is 10.8. The predicted octanol–water partition coefficient (Wildman–Crippen LogP) is 4.80. The molecule has 0 spiro atoms. The lowest BCUT2D eigenvalue weighted by atomic mass is 10.0. The first-order chi connectivity index (χ1) is 16.3. The number of Topliss-reactive ketones (excluding diaryl/α,β-unsaturated/α-hetero) is 1. The van der Waals surface area contributed by atoms with E-state index in [0.29, 0.717) is 11.3 Å². The van der Waals surface area contributed by atoms with Gasteiger partial charge in [-0.05, 0) is 47.5 Å². The van der Waals surface area contributed by atoms with E-state index in [1.165, 1.54) is 17.0 Å². The molecule has 9 heteroatoms. The minimum Gasteiger partial charge on any atom is -0.457 e. The second kappa shape index (κ2) is 9.96. The van der Waals surface area contributed by atoms with E-state index in [9.17, 15) is 24.5 Å². The number of carbonyl (C=O) groups excluding carboxylic acids is 3. The summed E-state index contributed by atoms with van der Waals surface area (Å²) in [6.07, 6.45) is 0.00934. The Bertz CT molecular complexity index is 1240. The molecule has 1 saturated heterocycles. The molecular formula is C25H19BrN2O6. The van der Waals surface area contributed by atoms with Crippen LogP contribution in [-0.2, 0) is 14.3 Å². The lowest BCUT2D eigenvalue weighted by Crippen LogP contribution is -2.27. The molecule has 0 saturated carbocycles. The fraction of sp³-hybridized carbons (Fsp3) is 0.160. The normalized spacial score (nSPS) is 15.3. The van der Waals surface area contributed by atoms with Gasteiger partial charge in [-0.25, -0.2) is 0 Å². The maximum Gasteiger partial charge on any atom is 0.311 e. The number of hydrogen-bond donors (Lipinski definition) is 0. The summed E-state index contributed by atoms with van der Waals surface area (Å²) in [5.41, 5.74) is 2.74. The number of ether oxygens (including phenoxy) is 1. The maximum atomic E-state index is 12.5. The third-order valence-electron chi connectivity index (χ3n) is 5.56. The van der Waals surface area contributed by atoms with E-state index >= 15 is 0 Å². The van der Waals surface area contributed by atoms with Crippen LogP contribution >= 0.6 is 15.9 Å². The Morgan fingerprint density at radius 2 is 1.56 bits per heavy atom. The summed E-state index contributed by atoms with van der Waals surface area (Å²) in [6.45, 7) is -0.212. The van der Waals surface area contributed by atoms with Crippen molar-refractivity contribution in [3.63, 3.8) is 0 Å². The van der Waals surface area contributed by atoms with Gasteiger partial charge in [0.15, 0.2) is 12.4 Å². The fourth-order valence-corrected chi connectivity index (χ4v) is 3.96. The number of nitro groups is 1. The second-order valence-electron chi connectivity index (χ2n) is 7.79. The van der Waals surface area contributed by atoms with Crippen molar-refractivity contribution in [3.05, 3.63) is 92.9 Å². The number of ketones is 1. The first-order valence-electron chi connectivity index (χ1n) is 10.4. The number of hydrogen-bond acceptors (Lipinski definition) is 6. The molecule has 0 radical (unpaired) electrons. The highest BCUT2D eigenvalue weighted by atomic mass is 79.9. The van der Waals surface area contributed by atoms with Gasteiger partial charge < -0.3 is 9.64 Å². The molecule has 1 aliphatic rings. The van der Waals surface area contributed by atoms with Crippen LogP contribution in [0.2, 0.25) is 0 Å².